The molecule has 1 N–H and O–H groups in total. The first-order valence-electron chi connectivity index (χ1n) is 7.22. The molecule has 4 heteroatoms. The molecule has 0 radical (unpaired) electrons. The lowest BCUT2D eigenvalue weighted by molar-refractivity contribution is 0.199. The summed E-state index contributed by atoms with van der Waals surface area (Å²) in [7, 11) is 1.72. The minimum Gasteiger partial charge on any atom is -0.493 e. The molecule has 2 aromatic rings. The lowest BCUT2D eigenvalue weighted by atomic mass is 10.1. The van der Waals surface area contributed by atoms with E-state index >= 15 is 0 Å². The number of thiophene rings is 1. The SMILES string of the molecule is COCCNCc1cc(C)ccc1OCCc1ccsc1. The fourth-order valence-electron chi connectivity index (χ4n) is 2.10. The number of aryl methyl sites for hydroxylation is 1. The number of benzene rings is 1. The maximum absolute atomic E-state index is 5.96. The van der Waals surface area contributed by atoms with Crippen molar-refractivity contribution in [3.63, 3.8) is 0 Å². The summed E-state index contributed by atoms with van der Waals surface area (Å²) in [4.78, 5) is 0. The number of hydrogen-bond donors (Lipinski definition) is 1. The van der Waals surface area contributed by atoms with Gasteiger partial charge in [-0.05, 0) is 35.4 Å². The molecule has 0 atom stereocenters. The van der Waals surface area contributed by atoms with Gasteiger partial charge in [0.15, 0.2) is 0 Å². The van der Waals surface area contributed by atoms with Gasteiger partial charge in [-0.25, -0.2) is 0 Å². The van der Waals surface area contributed by atoms with Crippen molar-refractivity contribution in [1.29, 1.82) is 0 Å². The lowest BCUT2D eigenvalue weighted by Crippen LogP contribution is -2.19. The van der Waals surface area contributed by atoms with Crippen molar-refractivity contribution < 1.29 is 9.47 Å². The minimum absolute atomic E-state index is 0.713. The van der Waals surface area contributed by atoms with Gasteiger partial charge in [0.25, 0.3) is 0 Å². The van der Waals surface area contributed by atoms with Crippen LogP contribution in [0.2, 0.25) is 0 Å². The first-order valence-corrected chi connectivity index (χ1v) is 8.17. The molecular weight excluding hydrogens is 282 g/mol. The summed E-state index contributed by atoms with van der Waals surface area (Å²) in [5.74, 6) is 0.973. The number of rotatable bonds is 9. The highest BCUT2D eigenvalue weighted by Crippen LogP contribution is 2.20. The predicted molar refractivity (Wildman–Crippen MR) is 88.3 cm³/mol. The molecule has 0 amide bonds. The van der Waals surface area contributed by atoms with Crippen LogP contribution in [-0.4, -0.2) is 26.9 Å². The fourth-order valence-corrected chi connectivity index (χ4v) is 2.80. The average molecular weight is 305 g/mol. The first kappa shape index (κ1) is 16.0. The third kappa shape index (κ3) is 5.50. The zero-order valence-corrected chi connectivity index (χ0v) is 13.5. The molecule has 21 heavy (non-hydrogen) atoms. The van der Waals surface area contributed by atoms with Crippen LogP contribution in [0.1, 0.15) is 16.7 Å². The maximum atomic E-state index is 5.96. The highest BCUT2D eigenvalue weighted by atomic mass is 32.1. The topological polar surface area (TPSA) is 30.5 Å². The highest BCUT2D eigenvalue weighted by molar-refractivity contribution is 7.07. The zero-order valence-electron chi connectivity index (χ0n) is 12.7. The van der Waals surface area contributed by atoms with E-state index in [1.807, 2.05) is 0 Å². The predicted octanol–water partition coefficient (Wildman–Crippen LogP) is 3.41. The second-order valence-electron chi connectivity index (χ2n) is 5.01. The Bertz CT molecular complexity index is 526. The van der Waals surface area contributed by atoms with E-state index in [-0.39, 0.29) is 0 Å². The summed E-state index contributed by atoms with van der Waals surface area (Å²) in [6.07, 6.45) is 0.952. The number of methoxy groups -OCH3 is 1. The fraction of sp³-hybridized carbons (Fsp3) is 0.412. The largest absolute Gasteiger partial charge is 0.493 e. The Morgan fingerprint density at radius 3 is 2.86 bits per heavy atom. The Labute approximate surface area is 130 Å². The van der Waals surface area contributed by atoms with E-state index in [0.29, 0.717) is 6.61 Å². The molecule has 0 spiro atoms. The first-order chi connectivity index (χ1) is 10.3. The summed E-state index contributed by atoms with van der Waals surface area (Å²) in [6, 6.07) is 8.49. The number of hydrogen-bond acceptors (Lipinski definition) is 4. The average Bonchev–Trinajstić information content (AvgIpc) is 2.99. The molecule has 3 nitrogen and oxygen atoms in total. The molecule has 0 fully saturated rings. The van der Waals surface area contributed by atoms with Gasteiger partial charge in [0.2, 0.25) is 0 Å². The van der Waals surface area contributed by atoms with E-state index in [0.717, 1.165) is 31.9 Å². The monoisotopic (exact) mass is 305 g/mol. The van der Waals surface area contributed by atoms with E-state index in [9.17, 15) is 0 Å². The molecular formula is C17H23NO2S. The molecule has 0 aliphatic rings. The van der Waals surface area contributed by atoms with Crippen molar-refractivity contribution in [3.05, 3.63) is 51.7 Å². The van der Waals surface area contributed by atoms with Crippen molar-refractivity contribution in [2.75, 3.05) is 26.9 Å². The maximum Gasteiger partial charge on any atom is 0.123 e. The van der Waals surface area contributed by atoms with Crippen molar-refractivity contribution in [3.8, 4) is 5.75 Å². The Balaban J connectivity index is 1.87. The molecule has 0 saturated heterocycles. The standard InChI is InChI=1S/C17H23NO2S/c1-14-3-4-17(16(11-14)12-18-7-9-19-2)20-8-5-15-6-10-21-13-15/h3-4,6,10-11,13,18H,5,7-9,12H2,1-2H3. The summed E-state index contributed by atoms with van der Waals surface area (Å²) >= 11 is 1.73. The van der Waals surface area contributed by atoms with Crippen LogP contribution in [0.4, 0.5) is 0 Å². The molecule has 0 bridgehead atoms. The van der Waals surface area contributed by atoms with Crippen molar-refractivity contribution >= 4 is 11.3 Å². The summed E-state index contributed by atoms with van der Waals surface area (Å²) in [5, 5.41) is 7.65. The van der Waals surface area contributed by atoms with Crippen molar-refractivity contribution in [2.45, 2.75) is 19.9 Å². The third-order valence-electron chi connectivity index (χ3n) is 3.24. The van der Waals surface area contributed by atoms with Gasteiger partial charge in [-0.3, -0.25) is 0 Å². The van der Waals surface area contributed by atoms with Crippen LogP contribution >= 0.6 is 11.3 Å². The molecule has 0 saturated carbocycles. The van der Waals surface area contributed by atoms with E-state index in [1.54, 1.807) is 18.4 Å². The summed E-state index contributed by atoms with van der Waals surface area (Å²) < 4.78 is 11.0. The quantitative estimate of drug-likeness (QED) is 0.720. The molecule has 2 rings (SSSR count). The van der Waals surface area contributed by atoms with E-state index in [2.05, 4.69) is 47.3 Å². The zero-order chi connectivity index (χ0) is 14.9. The van der Waals surface area contributed by atoms with Crippen LogP contribution in [0.25, 0.3) is 0 Å². The molecule has 0 unspecified atom stereocenters. The molecule has 1 heterocycles. The Morgan fingerprint density at radius 2 is 2.10 bits per heavy atom. The van der Waals surface area contributed by atoms with Crippen LogP contribution in [0, 0.1) is 6.92 Å². The smallest absolute Gasteiger partial charge is 0.123 e. The molecule has 0 aliphatic carbocycles. The summed E-state index contributed by atoms with van der Waals surface area (Å²) in [5.41, 5.74) is 3.80. The van der Waals surface area contributed by atoms with Gasteiger partial charge in [0, 0.05) is 32.2 Å². The third-order valence-corrected chi connectivity index (χ3v) is 3.97. The van der Waals surface area contributed by atoms with Gasteiger partial charge in [-0.1, -0.05) is 17.7 Å². The van der Waals surface area contributed by atoms with Crippen molar-refractivity contribution in [2.24, 2.45) is 0 Å². The van der Waals surface area contributed by atoms with Gasteiger partial charge in [0.05, 0.1) is 13.2 Å². The summed E-state index contributed by atoms with van der Waals surface area (Å²) in [6.45, 7) is 5.19. The lowest BCUT2D eigenvalue weighted by Gasteiger charge is -2.13. The van der Waals surface area contributed by atoms with Gasteiger partial charge < -0.3 is 14.8 Å². The number of nitrogens with one attached hydrogen (secondary N) is 1. The highest BCUT2D eigenvalue weighted by Gasteiger charge is 2.04. The minimum atomic E-state index is 0.713. The van der Waals surface area contributed by atoms with Gasteiger partial charge >= 0.3 is 0 Å². The van der Waals surface area contributed by atoms with Crippen LogP contribution in [0.3, 0.4) is 0 Å². The molecule has 1 aromatic carbocycles. The van der Waals surface area contributed by atoms with Gasteiger partial charge in [-0.15, -0.1) is 0 Å². The van der Waals surface area contributed by atoms with E-state index in [4.69, 9.17) is 9.47 Å². The van der Waals surface area contributed by atoms with Gasteiger partial charge in [0.1, 0.15) is 5.75 Å². The molecule has 114 valence electrons. The van der Waals surface area contributed by atoms with Crippen LogP contribution in [-0.2, 0) is 17.7 Å². The van der Waals surface area contributed by atoms with Crippen molar-refractivity contribution in [1.82, 2.24) is 5.32 Å². The second kappa shape index (κ2) is 8.82. The molecule has 0 aliphatic heterocycles. The Hall–Kier alpha value is -1.36. The Kier molecular flexibility index (Phi) is 6.73. The molecule has 1 aromatic heterocycles. The van der Waals surface area contributed by atoms with Gasteiger partial charge in [-0.2, -0.15) is 11.3 Å². The number of ether oxygens (including phenoxy) is 2. The van der Waals surface area contributed by atoms with E-state index < -0.39 is 0 Å². The van der Waals surface area contributed by atoms with Crippen LogP contribution < -0.4 is 10.1 Å². The van der Waals surface area contributed by atoms with Crippen LogP contribution in [0.5, 0.6) is 5.75 Å². The normalized spacial score (nSPS) is 10.8. The van der Waals surface area contributed by atoms with Crippen LogP contribution in [0.15, 0.2) is 35.0 Å². The van der Waals surface area contributed by atoms with E-state index in [1.165, 1.54) is 16.7 Å². The second-order valence-corrected chi connectivity index (χ2v) is 5.79. The Morgan fingerprint density at radius 1 is 1.19 bits per heavy atom.